The highest BCUT2D eigenvalue weighted by molar-refractivity contribution is 9.10. The average Bonchev–Trinajstić information content (AvgIpc) is 2.50. The van der Waals surface area contributed by atoms with E-state index in [1.54, 1.807) is 0 Å². The third kappa shape index (κ3) is 3.41. The first-order valence-corrected chi connectivity index (χ1v) is 8.58. The van der Waals surface area contributed by atoms with Crippen molar-refractivity contribution >= 4 is 27.4 Å². The van der Waals surface area contributed by atoms with E-state index in [0.717, 1.165) is 32.3 Å². The minimum atomic E-state index is -0.437. The van der Waals surface area contributed by atoms with Crippen LogP contribution in [-0.2, 0) is 4.74 Å². The second kappa shape index (κ2) is 6.50. The van der Waals surface area contributed by atoms with Crippen molar-refractivity contribution in [2.45, 2.75) is 56.6 Å². The van der Waals surface area contributed by atoms with Crippen LogP contribution in [-0.4, -0.2) is 28.2 Å². The molecule has 0 radical (unpaired) electrons. The fourth-order valence-electron chi connectivity index (χ4n) is 3.52. The molecule has 1 aromatic heterocycles. The Balaban J connectivity index is 1.69. The molecule has 7 heteroatoms. The maximum absolute atomic E-state index is 10.8. The van der Waals surface area contributed by atoms with Crippen molar-refractivity contribution in [1.82, 2.24) is 4.98 Å². The Hall–Kier alpha value is -1.21. The summed E-state index contributed by atoms with van der Waals surface area (Å²) < 4.78 is 6.72. The van der Waals surface area contributed by atoms with Gasteiger partial charge in [0.25, 0.3) is 5.69 Å². The van der Waals surface area contributed by atoms with Gasteiger partial charge in [0.1, 0.15) is 12.0 Å². The van der Waals surface area contributed by atoms with Gasteiger partial charge in [0.2, 0.25) is 0 Å². The number of ether oxygens (including phenoxy) is 1. The first-order valence-electron chi connectivity index (χ1n) is 7.78. The van der Waals surface area contributed by atoms with Crippen LogP contribution in [0.5, 0.6) is 0 Å². The van der Waals surface area contributed by atoms with Gasteiger partial charge in [0.15, 0.2) is 0 Å². The number of halogens is 1. The molecule has 1 atom stereocenters. The maximum Gasteiger partial charge on any atom is 0.288 e. The van der Waals surface area contributed by atoms with Crippen LogP contribution < -0.4 is 5.32 Å². The molecular formula is C15H20BrN3O3. The number of rotatable bonds is 3. The largest absolute Gasteiger partial charge is 0.375 e. The first kappa shape index (κ1) is 15.7. The molecule has 22 heavy (non-hydrogen) atoms. The Morgan fingerprint density at radius 2 is 2.18 bits per heavy atom. The summed E-state index contributed by atoms with van der Waals surface area (Å²) in [6.45, 7) is 0.766. The summed E-state index contributed by atoms with van der Waals surface area (Å²) >= 11 is 3.37. The zero-order valence-electron chi connectivity index (χ0n) is 12.4. The Morgan fingerprint density at radius 3 is 2.86 bits per heavy atom. The molecule has 1 aliphatic carbocycles. The van der Waals surface area contributed by atoms with Crippen molar-refractivity contribution in [2.24, 2.45) is 0 Å². The van der Waals surface area contributed by atoms with Crippen LogP contribution in [0.15, 0.2) is 16.7 Å². The minimum Gasteiger partial charge on any atom is -0.375 e. The lowest BCUT2D eigenvalue weighted by Crippen LogP contribution is -2.45. The summed E-state index contributed by atoms with van der Waals surface area (Å²) in [5.41, 5.74) is 0.0228. The highest BCUT2D eigenvalue weighted by Gasteiger charge is 2.38. The summed E-state index contributed by atoms with van der Waals surface area (Å²) in [6, 6.07) is 1.79. The van der Waals surface area contributed by atoms with Crippen molar-refractivity contribution in [1.29, 1.82) is 0 Å². The molecule has 1 spiro atoms. The van der Waals surface area contributed by atoms with E-state index in [1.165, 1.54) is 31.5 Å². The molecule has 3 rings (SSSR count). The number of anilines is 1. The first-order chi connectivity index (χ1) is 10.6. The van der Waals surface area contributed by atoms with Crippen molar-refractivity contribution in [3.8, 4) is 0 Å². The maximum atomic E-state index is 10.8. The Kier molecular flexibility index (Phi) is 4.63. The van der Waals surface area contributed by atoms with Gasteiger partial charge in [-0.2, -0.15) is 0 Å². The van der Waals surface area contributed by atoms with Crippen molar-refractivity contribution < 1.29 is 9.66 Å². The summed E-state index contributed by atoms with van der Waals surface area (Å²) in [4.78, 5) is 14.5. The highest BCUT2D eigenvalue weighted by atomic mass is 79.9. The molecule has 1 aliphatic heterocycles. The standard InChI is InChI=1S/C15H20BrN3O3/c16-13-8-12(19(20)21)10-17-14(13)18-11-4-7-22-15(9-11)5-2-1-3-6-15/h8,10-11H,1-7,9H2,(H,17,18). The van der Waals surface area contributed by atoms with Crippen LogP contribution in [0.2, 0.25) is 0 Å². The minimum absolute atomic E-state index is 0.00634. The molecule has 2 aliphatic rings. The number of nitrogens with one attached hydrogen (secondary N) is 1. The fourth-order valence-corrected chi connectivity index (χ4v) is 3.97. The molecule has 1 N–H and O–H groups in total. The zero-order valence-corrected chi connectivity index (χ0v) is 14.0. The van der Waals surface area contributed by atoms with Gasteiger partial charge < -0.3 is 10.1 Å². The normalized spacial score (nSPS) is 24.1. The third-order valence-corrected chi connectivity index (χ3v) is 5.24. The number of nitrogens with zero attached hydrogens (tertiary/aromatic N) is 2. The van der Waals surface area contributed by atoms with Crippen molar-refractivity contribution in [3.05, 3.63) is 26.9 Å². The van der Waals surface area contributed by atoms with Gasteiger partial charge in [0.05, 0.1) is 15.0 Å². The van der Waals surface area contributed by atoms with E-state index in [-0.39, 0.29) is 11.3 Å². The third-order valence-electron chi connectivity index (χ3n) is 4.64. The fraction of sp³-hybridized carbons (Fsp3) is 0.667. The molecule has 0 bridgehead atoms. The van der Waals surface area contributed by atoms with E-state index in [1.807, 2.05) is 0 Å². The smallest absolute Gasteiger partial charge is 0.288 e. The lowest BCUT2D eigenvalue weighted by molar-refractivity contribution is -0.385. The van der Waals surface area contributed by atoms with E-state index in [9.17, 15) is 10.1 Å². The summed E-state index contributed by atoms with van der Waals surface area (Å²) in [5.74, 6) is 0.670. The Morgan fingerprint density at radius 1 is 1.41 bits per heavy atom. The topological polar surface area (TPSA) is 77.3 Å². The van der Waals surface area contributed by atoms with Crippen LogP contribution in [0, 0.1) is 10.1 Å². The summed E-state index contributed by atoms with van der Waals surface area (Å²) in [7, 11) is 0. The number of aromatic nitrogens is 1. The van der Waals surface area contributed by atoms with Crippen LogP contribution in [0.1, 0.15) is 44.9 Å². The monoisotopic (exact) mass is 369 g/mol. The Bertz CT molecular complexity index is 555. The van der Waals surface area contributed by atoms with Gasteiger partial charge in [-0.25, -0.2) is 4.98 Å². The number of nitro groups is 1. The predicted octanol–water partition coefficient (Wildman–Crippen LogP) is 4.05. The number of hydrogen-bond donors (Lipinski definition) is 1. The van der Waals surface area contributed by atoms with Crippen LogP contribution in [0.3, 0.4) is 0 Å². The molecule has 1 saturated heterocycles. The van der Waals surface area contributed by atoms with Gasteiger partial charge in [-0.15, -0.1) is 0 Å². The quantitative estimate of drug-likeness (QED) is 0.642. The lowest BCUT2D eigenvalue weighted by Gasteiger charge is -2.43. The zero-order chi connectivity index (χ0) is 15.6. The molecule has 6 nitrogen and oxygen atoms in total. The van der Waals surface area contributed by atoms with Crippen LogP contribution in [0.4, 0.5) is 11.5 Å². The number of pyridine rings is 1. The van der Waals surface area contributed by atoms with Gasteiger partial charge >= 0.3 is 0 Å². The SMILES string of the molecule is O=[N+]([O-])c1cnc(NC2CCOC3(CCCCC3)C2)c(Br)c1. The number of hydrogen-bond acceptors (Lipinski definition) is 5. The highest BCUT2D eigenvalue weighted by Crippen LogP contribution is 2.39. The van der Waals surface area contributed by atoms with E-state index in [2.05, 4.69) is 26.2 Å². The Labute approximate surface area is 137 Å². The molecule has 1 unspecified atom stereocenters. The van der Waals surface area contributed by atoms with E-state index >= 15 is 0 Å². The second-order valence-corrected chi connectivity index (χ2v) is 7.06. The second-order valence-electron chi connectivity index (χ2n) is 6.21. The van der Waals surface area contributed by atoms with Crippen LogP contribution >= 0.6 is 15.9 Å². The summed E-state index contributed by atoms with van der Waals surface area (Å²) in [6.07, 6.45) is 9.28. The van der Waals surface area contributed by atoms with Gasteiger partial charge in [-0.1, -0.05) is 19.3 Å². The van der Waals surface area contributed by atoms with E-state index in [4.69, 9.17) is 4.74 Å². The molecule has 1 saturated carbocycles. The van der Waals surface area contributed by atoms with Crippen molar-refractivity contribution in [3.63, 3.8) is 0 Å². The lowest BCUT2D eigenvalue weighted by atomic mass is 9.78. The molecule has 0 amide bonds. The van der Waals surface area contributed by atoms with Gasteiger partial charge in [0, 0.05) is 18.7 Å². The molecule has 2 fully saturated rings. The van der Waals surface area contributed by atoms with Gasteiger partial charge in [-0.3, -0.25) is 10.1 Å². The van der Waals surface area contributed by atoms with Crippen LogP contribution in [0.25, 0.3) is 0 Å². The molecular weight excluding hydrogens is 350 g/mol. The molecule has 2 heterocycles. The van der Waals surface area contributed by atoms with Crippen molar-refractivity contribution in [2.75, 3.05) is 11.9 Å². The van der Waals surface area contributed by atoms with E-state index < -0.39 is 4.92 Å². The summed E-state index contributed by atoms with van der Waals surface area (Å²) in [5, 5.41) is 14.2. The average molecular weight is 370 g/mol. The molecule has 0 aromatic carbocycles. The van der Waals surface area contributed by atoms with E-state index in [0.29, 0.717) is 16.3 Å². The molecule has 120 valence electrons. The molecule has 1 aromatic rings. The predicted molar refractivity (Wildman–Crippen MR) is 87.0 cm³/mol. The van der Waals surface area contributed by atoms with Gasteiger partial charge in [-0.05, 0) is 41.6 Å².